The van der Waals surface area contributed by atoms with Crippen molar-refractivity contribution in [2.45, 2.75) is 32.7 Å². The van der Waals surface area contributed by atoms with Gasteiger partial charge in [0.2, 0.25) is 0 Å². The molecular formula is C22H26ClF3N2O. The molecule has 0 aliphatic carbocycles. The van der Waals surface area contributed by atoms with Crippen LogP contribution < -0.4 is 4.90 Å². The average molecular weight is 427 g/mol. The first-order valence-corrected chi connectivity index (χ1v) is 9.72. The van der Waals surface area contributed by atoms with Crippen LogP contribution in [0.5, 0.6) is 0 Å². The summed E-state index contributed by atoms with van der Waals surface area (Å²) in [4.78, 5) is 16.5. The van der Waals surface area contributed by atoms with Gasteiger partial charge in [0.05, 0.1) is 0 Å². The van der Waals surface area contributed by atoms with Gasteiger partial charge in [-0.15, -0.1) is 12.4 Å². The summed E-state index contributed by atoms with van der Waals surface area (Å²) in [5.74, 6) is -2.51. The zero-order valence-corrected chi connectivity index (χ0v) is 17.4. The van der Waals surface area contributed by atoms with Gasteiger partial charge < -0.3 is 4.90 Å². The zero-order chi connectivity index (χ0) is 20.3. The molecule has 3 nitrogen and oxygen atoms in total. The Morgan fingerprint density at radius 3 is 1.90 bits per heavy atom. The van der Waals surface area contributed by atoms with E-state index < -0.39 is 23.2 Å². The summed E-state index contributed by atoms with van der Waals surface area (Å²) in [7, 11) is 0. The highest BCUT2D eigenvalue weighted by atomic mass is 35.5. The Balaban J connectivity index is 0.00000300. The van der Waals surface area contributed by atoms with E-state index in [1.54, 1.807) is 4.90 Å². The molecule has 7 heteroatoms. The van der Waals surface area contributed by atoms with Gasteiger partial charge >= 0.3 is 0 Å². The number of anilines is 1. The second-order valence-corrected chi connectivity index (χ2v) is 7.12. The Kier molecular flexibility index (Phi) is 8.11. The Hall–Kier alpha value is -2.05. The summed E-state index contributed by atoms with van der Waals surface area (Å²) in [6.45, 7) is 6.88. The first-order chi connectivity index (χ1) is 13.4. The van der Waals surface area contributed by atoms with Crippen molar-refractivity contribution < 1.29 is 18.0 Å². The standard InChI is InChI=1S/C22H25F3N2O.ClH/c1-3-18(4-2)26-9-11-27(12-10-26)21-19(24)13-16(14-20(21)25)22(28)15-5-7-17(23)8-6-15;/h5-8,13-14,18H,3-4,9-12H2,1-2H3;1H. The van der Waals surface area contributed by atoms with Crippen LogP contribution in [-0.2, 0) is 0 Å². The summed E-state index contributed by atoms with van der Waals surface area (Å²) >= 11 is 0. The monoisotopic (exact) mass is 426 g/mol. The van der Waals surface area contributed by atoms with E-state index in [2.05, 4.69) is 18.7 Å². The summed E-state index contributed by atoms with van der Waals surface area (Å²) in [5, 5.41) is 0. The van der Waals surface area contributed by atoms with Gasteiger partial charge in [0.1, 0.15) is 23.1 Å². The maximum Gasteiger partial charge on any atom is 0.193 e. The third-order valence-corrected chi connectivity index (χ3v) is 5.47. The van der Waals surface area contributed by atoms with Gasteiger partial charge in [-0.1, -0.05) is 13.8 Å². The average Bonchev–Trinajstić information content (AvgIpc) is 2.69. The topological polar surface area (TPSA) is 23.6 Å². The predicted octanol–water partition coefficient (Wildman–Crippen LogP) is 5.07. The van der Waals surface area contributed by atoms with Gasteiger partial charge in [0, 0.05) is 43.3 Å². The zero-order valence-electron chi connectivity index (χ0n) is 16.6. The van der Waals surface area contributed by atoms with Crippen LogP contribution in [0.15, 0.2) is 36.4 Å². The van der Waals surface area contributed by atoms with E-state index in [1.165, 1.54) is 12.1 Å². The number of carbonyl (C=O) groups excluding carboxylic acids is 1. The van der Waals surface area contributed by atoms with E-state index >= 15 is 0 Å². The molecule has 1 heterocycles. The molecule has 1 saturated heterocycles. The SMILES string of the molecule is CCC(CC)N1CCN(c2c(F)cc(C(=O)c3ccc(F)cc3)cc2F)CC1.Cl. The van der Waals surface area contributed by atoms with Crippen molar-refractivity contribution in [3.8, 4) is 0 Å². The number of nitrogens with zero attached hydrogens (tertiary/aromatic N) is 2. The minimum absolute atomic E-state index is 0. The second kappa shape index (κ2) is 10.1. The van der Waals surface area contributed by atoms with Gasteiger partial charge in [-0.05, 0) is 49.2 Å². The van der Waals surface area contributed by atoms with Crippen LogP contribution in [0.1, 0.15) is 42.6 Å². The van der Waals surface area contributed by atoms with Crippen molar-refractivity contribution >= 4 is 23.9 Å². The molecule has 1 fully saturated rings. The van der Waals surface area contributed by atoms with E-state index in [9.17, 15) is 18.0 Å². The van der Waals surface area contributed by atoms with Gasteiger partial charge in [0.25, 0.3) is 0 Å². The van der Waals surface area contributed by atoms with Crippen LogP contribution in [0.3, 0.4) is 0 Å². The van der Waals surface area contributed by atoms with Crippen molar-refractivity contribution in [1.82, 2.24) is 4.90 Å². The minimum atomic E-state index is -0.749. The van der Waals surface area contributed by atoms with Gasteiger partial charge in [0.15, 0.2) is 5.78 Å². The van der Waals surface area contributed by atoms with Crippen molar-refractivity contribution in [3.05, 3.63) is 65.0 Å². The molecule has 1 aliphatic heterocycles. The predicted molar refractivity (Wildman–Crippen MR) is 112 cm³/mol. The molecule has 3 rings (SSSR count). The number of halogens is 4. The van der Waals surface area contributed by atoms with Gasteiger partial charge in [-0.25, -0.2) is 13.2 Å². The molecule has 1 aliphatic rings. The van der Waals surface area contributed by atoms with Crippen LogP contribution >= 0.6 is 12.4 Å². The lowest BCUT2D eigenvalue weighted by atomic mass is 10.0. The smallest absolute Gasteiger partial charge is 0.193 e. The van der Waals surface area contributed by atoms with E-state index in [-0.39, 0.29) is 29.2 Å². The maximum atomic E-state index is 14.7. The number of piperazine rings is 1. The van der Waals surface area contributed by atoms with Gasteiger partial charge in [-0.3, -0.25) is 9.69 Å². The molecule has 0 saturated carbocycles. The highest BCUT2D eigenvalue weighted by molar-refractivity contribution is 6.09. The molecule has 0 atom stereocenters. The fourth-order valence-corrected chi connectivity index (χ4v) is 3.88. The Morgan fingerprint density at radius 1 is 0.897 bits per heavy atom. The third kappa shape index (κ3) is 5.11. The van der Waals surface area contributed by atoms with Crippen LogP contribution in [-0.4, -0.2) is 42.9 Å². The van der Waals surface area contributed by atoms with E-state index in [0.29, 0.717) is 19.1 Å². The quantitative estimate of drug-likeness (QED) is 0.603. The fraction of sp³-hybridized carbons (Fsp3) is 0.409. The Bertz CT molecular complexity index is 809. The minimum Gasteiger partial charge on any atom is -0.364 e. The molecule has 2 aromatic rings. The van der Waals surface area contributed by atoms with Gasteiger partial charge in [-0.2, -0.15) is 0 Å². The molecular weight excluding hydrogens is 401 g/mol. The molecule has 0 radical (unpaired) electrons. The number of rotatable bonds is 6. The molecule has 0 amide bonds. The van der Waals surface area contributed by atoms with Crippen LogP contribution in [0.4, 0.5) is 18.9 Å². The molecule has 0 aromatic heterocycles. The first kappa shape index (κ1) is 23.2. The summed E-state index contributed by atoms with van der Waals surface area (Å²) < 4.78 is 42.5. The summed E-state index contributed by atoms with van der Waals surface area (Å²) in [6.07, 6.45) is 2.11. The number of hydrogen-bond acceptors (Lipinski definition) is 3. The molecule has 0 N–H and O–H groups in total. The van der Waals surface area contributed by atoms with E-state index in [1.807, 2.05) is 0 Å². The lowest BCUT2D eigenvalue weighted by molar-refractivity contribution is 0.103. The van der Waals surface area contributed by atoms with Crippen molar-refractivity contribution in [2.75, 3.05) is 31.1 Å². The Labute approximate surface area is 175 Å². The van der Waals surface area contributed by atoms with Crippen molar-refractivity contribution in [2.24, 2.45) is 0 Å². The largest absolute Gasteiger partial charge is 0.364 e. The second-order valence-electron chi connectivity index (χ2n) is 7.12. The van der Waals surface area contributed by atoms with E-state index in [4.69, 9.17) is 0 Å². The third-order valence-electron chi connectivity index (χ3n) is 5.47. The van der Waals surface area contributed by atoms with E-state index in [0.717, 1.165) is 50.2 Å². The highest BCUT2D eigenvalue weighted by Gasteiger charge is 2.26. The fourth-order valence-electron chi connectivity index (χ4n) is 3.88. The Morgan fingerprint density at radius 2 is 1.41 bits per heavy atom. The molecule has 158 valence electrons. The summed E-state index contributed by atoms with van der Waals surface area (Å²) in [5.41, 5.74) is 0.0209. The highest BCUT2D eigenvalue weighted by Crippen LogP contribution is 2.28. The number of benzene rings is 2. The lowest BCUT2D eigenvalue weighted by Gasteiger charge is -2.40. The number of ketones is 1. The first-order valence-electron chi connectivity index (χ1n) is 9.72. The number of hydrogen-bond donors (Lipinski definition) is 0. The normalized spacial score (nSPS) is 14.8. The van der Waals surface area contributed by atoms with Crippen molar-refractivity contribution in [1.29, 1.82) is 0 Å². The molecule has 0 unspecified atom stereocenters. The summed E-state index contributed by atoms with van der Waals surface area (Å²) in [6, 6.07) is 7.53. The lowest BCUT2D eigenvalue weighted by Crippen LogP contribution is -2.50. The molecule has 2 aromatic carbocycles. The molecule has 0 spiro atoms. The van der Waals surface area contributed by atoms with Crippen LogP contribution in [0, 0.1) is 17.5 Å². The molecule has 0 bridgehead atoms. The molecule has 29 heavy (non-hydrogen) atoms. The maximum absolute atomic E-state index is 14.7. The van der Waals surface area contributed by atoms with Crippen LogP contribution in [0.2, 0.25) is 0 Å². The van der Waals surface area contributed by atoms with Crippen LogP contribution in [0.25, 0.3) is 0 Å². The number of carbonyl (C=O) groups is 1. The van der Waals surface area contributed by atoms with Crippen molar-refractivity contribution in [3.63, 3.8) is 0 Å².